The number of thiophene rings is 1. The van der Waals surface area contributed by atoms with Crippen molar-refractivity contribution in [3.8, 4) is 5.75 Å². The number of carbonyl (C=O) groups excluding carboxylic acids is 1. The molecule has 0 aliphatic carbocycles. The summed E-state index contributed by atoms with van der Waals surface area (Å²) in [5, 5.41) is 4.37. The fourth-order valence-electron chi connectivity index (χ4n) is 2.73. The van der Waals surface area contributed by atoms with Gasteiger partial charge in [-0.25, -0.2) is 8.42 Å². The molecule has 3 rings (SSSR count). The Hall–Kier alpha value is -1.65. The van der Waals surface area contributed by atoms with Gasteiger partial charge in [-0.2, -0.15) is 4.31 Å². The van der Waals surface area contributed by atoms with Gasteiger partial charge in [0.1, 0.15) is 22.1 Å². The Labute approximate surface area is 169 Å². The average molecular weight is 432 g/mol. The molecule has 3 N–H and O–H groups in total. The molecule has 2 heterocycles. The van der Waals surface area contributed by atoms with Crippen LogP contribution in [0, 0.1) is 0 Å². The minimum absolute atomic E-state index is 0. The first kappa shape index (κ1) is 21.6. The molecular weight excluding hydrogens is 410 g/mol. The molecule has 0 spiro atoms. The second-order valence-electron chi connectivity index (χ2n) is 5.84. The summed E-state index contributed by atoms with van der Waals surface area (Å²) in [4.78, 5) is 12.9. The van der Waals surface area contributed by atoms with Crippen LogP contribution >= 0.6 is 23.7 Å². The average Bonchev–Trinajstić information content (AvgIpc) is 3.33. The van der Waals surface area contributed by atoms with Crippen molar-refractivity contribution in [2.24, 2.45) is 5.73 Å². The Balaban J connectivity index is 0.00000261. The Kier molecular flexibility index (Phi) is 7.63. The number of nitrogens with zero attached hydrogens (tertiary/aromatic N) is 1. The van der Waals surface area contributed by atoms with Crippen molar-refractivity contribution in [1.82, 2.24) is 4.31 Å². The standard InChI is InChI=1S/C17H21N3O4S2.ClH/c18-8-11-24-14-5-3-13(4-6-14)19-17(21)16-15(7-12-25-16)26(22,23)20-9-1-2-10-20;/h3-7,12H,1-2,8-11,18H2,(H,19,21);1H. The fraction of sp³-hybridized carbons (Fsp3) is 0.353. The van der Waals surface area contributed by atoms with Gasteiger partial charge in [0.25, 0.3) is 5.91 Å². The molecule has 1 aromatic heterocycles. The van der Waals surface area contributed by atoms with Crippen molar-refractivity contribution in [1.29, 1.82) is 0 Å². The van der Waals surface area contributed by atoms with E-state index in [1.54, 1.807) is 29.6 Å². The van der Waals surface area contributed by atoms with Crippen LogP contribution in [0.25, 0.3) is 0 Å². The molecule has 27 heavy (non-hydrogen) atoms. The van der Waals surface area contributed by atoms with E-state index in [4.69, 9.17) is 10.5 Å². The van der Waals surface area contributed by atoms with Crippen molar-refractivity contribution >= 4 is 45.4 Å². The summed E-state index contributed by atoms with van der Waals surface area (Å²) in [7, 11) is -3.63. The molecular formula is C17H22ClN3O4S2. The van der Waals surface area contributed by atoms with E-state index in [-0.39, 0.29) is 22.2 Å². The predicted octanol–water partition coefficient (Wildman–Crippen LogP) is 2.54. The van der Waals surface area contributed by atoms with Crippen molar-refractivity contribution in [3.63, 3.8) is 0 Å². The normalized spacial score (nSPS) is 14.6. The quantitative estimate of drug-likeness (QED) is 0.701. The van der Waals surface area contributed by atoms with Crippen LogP contribution in [0.3, 0.4) is 0 Å². The molecule has 2 aromatic rings. The van der Waals surface area contributed by atoms with E-state index in [0.29, 0.717) is 37.7 Å². The summed E-state index contributed by atoms with van der Waals surface area (Å²) in [6.45, 7) is 1.84. The highest BCUT2D eigenvalue weighted by Crippen LogP contribution is 2.28. The lowest BCUT2D eigenvalue weighted by molar-refractivity contribution is 0.102. The summed E-state index contributed by atoms with van der Waals surface area (Å²) >= 11 is 1.12. The van der Waals surface area contributed by atoms with E-state index < -0.39 is 15.9 Å². The SMILES string of the molecule is Cl.NCCOc1ccc(NC(=O)c2sccc2S(=O)(=O)N2CCCC2)cc1. The van der Waals surface area contributed by atoms with Gasteiger partial charge < -0.3 is 15.8 Å². The number of anilines is 1. The van der Waals surface area contributed by atoms with Gasteiger partial charge in [0.05, 0.1) is 0 Å². The van der Waals surface area contributed by atoms with Crippen LogP contribution in [0.1, 0.15) is 22.5 Å². The minimum Gasteiger partial charge on any atom is -0.492 e. The van der Waals surface area contributed by atoms with E-state index in [1.807, 2.05) is 0 Å². The lowest BCUT2D eigenvalue weighted by atomic mass is 10.3. The summed E-state index contributed by atoms with van der Waals surface area (Å²) in [5.41, 5.74) is 5.95. The van der Waals surface area contributed by atoms with Crippen LogP contribution in [-0.2, 0) is 10.0 Å². The number of carbonyl (C=O) groups is 1. The molecule has 0 atom stereocenters. The summed E-state index contributed by atoms with van der Waals surface area (Å²) < 4.78 is 32.3. The van der Waals surface area contributed by atoms with Crippen LogP contribution in [0.15, 0.2) is 40.6 Å². The van der Waals surface area contributed by atoms with Crippen molar-refractivity contribution in [2.75, 3.05) is 31.6 Å². The highest BCUT2D eigenvalue weighted by molar-refractivity contribution is 7.89. The zero-order valence-corrected chi connectivity index (χ0v) is 17.0. The largest absolute Gasteiger partial charge is 0.492 e. The molecule has 1 fully saturated rings. The minimum atomic E-state index is -3.63. The molecule has 148 valence electrons. The third-order valence-corrected chi connectivity index (χ3v) is 7.00. The maximum atomic E-state index is 12.7. The molecule has 10 heteroatoms. The van der Waals surface area contributed by atoms with Crippen molar-refractivity contribution in [3.05, 3.63) is 40.6 Å². The van der Waals surface area contributed by atoms with Gasteiger partial charge in [-0.3, -0.25) is 4.79 Å². The number of rotatable bonds is 7. The maximum absolute atomic E-state index is 12.7. The molecule has 1 amide bonds. The Morgan fingerprint density at radius 3 is 2.48 bits per heavy atom. The first-order chi connectivity index (χ1) is 12.5. The summed E-state index contributed by atoms with van der Waals surface area (Å²) in [6, 6.07) is 8.35. The highest BCUT2D eigenvalue weighted by atomic mass is 35.5. The van der Waals surface area contributed by atoms with Crippen LogP contribution in [-0.4, -0.2) is 44.9 Å². The lowest BCUT2D eigenvalue weighted by Crippen LogP contribution is -2.29. The molecule has 0 bridgehead atoms. The summed E-state index contributed by atoms with van der Waals surface area (Å²) in [6.07, 6.45) is 1.70. The number of nitrogens with two attached hydrogens (primary N) is 1. The zero-order chi connectivity index (χ0) is 18.6. The zero-order valence-electron chi connectivity index (χ0n) is 14.6. The van der Waals surface area contributed by atoms with Gasteiger partial charge >= 0.3 is 0 Å². The predicted molar refractivity (Wildman–Crippen MR) is 109 cm³/mol. The number of ether oxygens (including phenoxy) is 1. The number of hydrogen-bond acceptors (Lipinski definition) is 6. The fourth-order valence-corrected chi connectivity index (χ4v) is 5.55. The first-order valence-corrected chi connectivity index (χ1v) is 10.7. The molecule has 7 nitrogen and oxygen atoms in total. The van der Waals surface area contributed by atoms with Crippen LogP contribution < -0.4 is 15.8 Å². The van der Waals surface area contributed by atoms with Crippen molar-refractivity contribution < 1.29 is 17.9 Å². The molecule has 1 aliphatic rings. The first-order valence-electron chi connectivity index (χ1n) is 8.34. The monoisotopic (exact) mass is 431 g/mol. The third kappa shape index (κ3) is 4.99. The van der Waals surface area contributed by atoms with Crippen molar-refractivity contribution in [2.45, 2.75) is 17.7 Å². The van der Waals surface area contributed by atoms with Crippen LogP contribution in [0.2, 0.25) is 0 Å². The maximum Gasteiger partial charge on any atom is 0.267 e. The number of benzene rings is 1. The highest BCUT2D eigenvalue weighted by Gasteiger charge is 2.31. The van der Waals surface area contributed by atoms with Gasteiger partial charge in [0.15, 0.2) is 0 Å². The van der Waals surface area contributed by atoms with E-state index >= 15 is 0 Å². The smallest absolute Gasteiger partial charge is 0.267 e. The van der Waals surface area contributed by atoms with Gasteiger partial charge in [-0.1, -0.05) is 0 Å². The lowest BCUT2D eigenvalue weighted by Gasteiger charge is -2.15. The number of hydrogen-bond donors (Lipinski definition) is 2. The number of amides is 1. The summed E-state index contributed by atoms with van der Waals surface area (Å²) in [5.74, 6) is 0.218. The van der Waals surface area contributed by atoms with E-state index in [0.717, 1.165) is 24.2 Å². The van der Waals surface area contributed by atoms with Crippen LogP contribution in [0.5, 0.6) is 5.75 Å². The van der Waals surface area contributed by atoms with Gasteiger partial charge in [0, 0.05) is 25.3 Å². The van der Waals surface area contributed by atoms with Gasteiger partial charge in [0.2, 0.25) is 10.0 Å². The van der Waals surface area contributed by atoms with Gasteiger partial charge in [-0.15, -0.1) is 23.7 Å². The van der Waals surface area contributed by atoms with Crippen LogP contribution in [0.4, 0.5) is 5.69 Å². The number of halogens is 1. The molecule has 0 radical (unpaired) electrons. The third-order valence-electron chi connectivity index (χ3n) is 4.02. The number of nitrogens with one attached hydrogen (secondary N) is 1. The Bertz CT molecular complexity index is 863. The molecule has 1 saturated heterocycles. The topological polar surface area (TPSA) is 102 Å². The molecule has 1 aliphatic heterocycles. The van der Waals surface area contributed by atoms with Gasteiger partial charge in [-0.05, 0) is 48.6 Å². The second-order valence-corrected chi connectivity index (χ2v) is 8.66. The Morgan fingerprint density at radius 2 is 1.85 bits per heavy atom. The van der Waals surface area contributed by atoms with E-state index in [9.17, 15) is 13.2 Å². The van der Waals surface area contributed by atoms with E-state index in [2.05, 4.69) is 5.32 Å². The Morgan fingerprint density at radius 1 is 1.19 bits per heavy atom. The van der Waals surface area contributed by atoms with E-state index in [1.165, 1.54) is 10.4 Å². The number of sulfonamides is 1. The molecule has 0 unspecified atom stereocenters. The second kappa shape index (κ2) is 9.52. The molecule has 1 aromatic carbocycles. The molecule has 0 saturated carbocycles.